The molecule has 2 fully saturated rings. The summed E-state index contributed by atoms with van der Waals surface area (Å²) in [5.41, 5.74) is 1.18. The Hall–Kier alpha value is -2.37. The van der Waals surface area contributed by atoms with Crippen LogP contribution in [0.4, 0.5) is 0 Å². The maximum Gasteiger partial charge on any atom is 0.223 e. The van der Waals surface area contributed by atoms with Gasteiger partial charge in [-0.05, 0) is 56.2 Å². The Balaban J connectivity index is 1.29. The second-order valence-corrected chi connectivity index (χ2v) is 7.66. The van der Waals surface area contributed by atoms with E-state index in [1.165, 1.54) is 18.4 Å². The third-order valence-corrected chi connectivity index (χ3v) is 5.77. The molecule has 144 valence electrons. The molecular weight excluding hydrogens is 340 g/mol. The van der Waals surface area contributed by atoms with Crippen LogP contribution in [0.3, 0.4) is 0 Å². The van der Waals surface area contributed by atoms with Gasteiger partial charge in [0, 0.05) is 31.5 Å². The number of hydrogen-bond donors (Lipinski definition) is 0. The molecule has 1 aromatic carbocycles. The molecule has 2 aromatic rings. The number of ether oxygens (including phenoxy) is 1. The SMILES string of the molecule is COc1ccc(CCC(=O)N2CCCC2CCc2nncn2C2CC2)cc1. The zero-order chi connectivity index (χ0) is 18.6. The van der Waals surface area contributed by atoms with Crippen LogP contribution in [-0.4, -0.2) is 45.3 Å². The summed E-state index contributed by atoms with van der Waals surface area (Å²) in [6.45, 7) is 0.890. The highest BCUT2D eigenvalue weighted by Gasteiger charge is 2.30. The molecule has 6 heteroatoms. The van der Waals surface area contributed by atoms with Crippen molar-refractivity contribution in [2.75, 3.05) is 13.7 Å². The number of hydrogen-bond acceptors (Lipinski definition) is 4. The average Bonchev–Trinajstić information content (AvgIpc) is 3.25. The zero-order valence-corrected chi connectivity index (χ0v) is 16.0. The minimum atomic E-state index is 0.275. The lowest BCUT2D eigenvalue weighted by Crippen LogP contribution is -2.36. The predicted molar refractivity (Wildman–Crippen MR) is 103 cm³/mol. The molecule has 0 radical (unpaired) electrons. The predicted octanol–water partition coefficient (Wildman–Crippen LogP) is 3.18. The van der Waals surface area contributed by atoms with E-state index in [0.29, 0.717) is 18.5 Å². The Labute approximate surface area is 160 Å². The van der Waals surface area contributed by atoms with Gasteiger partial charge in [0.05, 0.1) is 7.11 Å². The number of rotatable bonds is 8. The first kappa shape index (κ1) is 18.0. The number of nitrogens with zero attached hydrogens (tertiary/aromatic N) is 4. The van der Waals surface area contributed by atoms with Crippen LogP contribution in [-0.2, 0) is 17.6 Å². The first-order valence-corrected chi connectivity index (χ1v) is 10.1. The van der Waals surface area contributed by atoms with Gasteiger partial charge in [0.2, 0.25) is 5.91 Å². The van der Waals surface area contributed by atoms with E-state index in [1.54, 1.807) is 7.11 Å². The number of methoxy groups -OCH3 is 1. The molecule has 1 amide bonds. The van der Waals surface area contributed by atoms with Gasteiger partial charge < -0.3 is 14.2 Å². The summed E-state index contributed by atoms with van der Waals surface area (Å²) in [5, 5.41) is 8.38. The molecule has 4 rings (SSSR count). The molecule has 27 heavy (non-hydrogen) atoms. The highest BCUT2D eigenvalue weighted by Crippen LogP contribution is 2.35. The topological polar surface area (TPSA) is 60.2 Å². The zero-order valence-electron chi connectivity index (χ0n) is 16.0. The molecule has 1 aromatic heterocycles. The van der Waals surface area contributed by atoms with Gasteiger partial charge in [0.25, 0.3) is 0 Å². The van der Waals surface area contributed by atoms with Crippen LogP contribution >= 0.6 is 0 Å². The first-order valence-electron chi connectivity index (χ1n) is 10.1. The van der Waals surface area contributed by atoms with E-state index in [9.17, 15) is 4.79 Å². The van der Waals surface area contributed by atoms with Gasteiger partial charge in [0.1, 0.15) is 17.9 Å². The molecule has 1 saturated carbocycles. The number of aryl methyl sites for hydroxylation is 2. The van der Waals surface area contributed by atoms with Gasteiger partial charge in [-0.3, -0.25) is 4.79 Å². The van der Waals surface area contributed by atoms with Crippen molar-refractivity contribution in [1.29, 1.82) is 0 Å². The summed E-state index contributed by atoms with van der Waals surface area (Å²) in [7, 11) is 1.67. The van der Waals surface area contributed by atoms with E-state index in [4.69, 9.17) is 4.74 Å². The Morgan fingerprint density at radius 1 is 1.19 bits per heavy atom. The summed E-state index contributed by atoms with van der Waals surface area (Å²) in [6.07, 6.45) is 9.79. The average molecular weight is 368 g/mol. The van der Waals surface area contributed by atoms with Crippen molar-refractivity contribution in [3.63, 3.8) is 0 Å². The molecule has 0 bridgehead atoms. The number of carbonyl (C=O) groups is 1. The van der Waals surface area contributed by atoms with E-state index in [0.717, 1.165) is 50.2 Å². The van der Waals surface area contributed by atoms with Crippen LogP contribution in [0.5, 0.6) is 5.75 Å². The van der Waals surface area contributed by atoms with Crippen LogP contribution in [0.2, 0.25) is 0 Å². The summed E-state index contributed by atoms with van der Waals surface area (Å²) in [4.78, 5) is 14.9. The molecule has 0 spiro atoms. The number of carbonyl (C=O) groups excluding carboxylic acids is 1. The third kappa shape index (κ3) is 4.31. The summed E-state index contributed by atoms with van der Waals surface area (Å²) in [6, 6.07) is 8.94. The maximum absolute atomic E-state index is 12.8. The normalized spacial score (nSPS) is 19.4. The van der Waals surface area contributed by atoms with E-state index >= 15 is 0 Å². The van der Waals surface area contributed by atoms with E-state index in [2.05, 4.69) is 19.7 Å². The van der Waals surface area contributed by atoms with Crippen molar-refractivity contribution in [3.05, 3.63) is 42.0 Å². The summed E-state index contributed by atoms with van der Waals surface area (Å²) in [5.74, 6) is 2.20. The molecule has 1 unspecified atom stereocenters. The van der Waals surface area contributed by atoms with Gasteiger partial charge in [0.15, 0.2) is 0 Å². The Kier molecular flexibility index (Phi) is 5.41. The lowest BCUT2D eigenvalue weighted by atomic mass is 10.1. The highest BCUT2D eigenvalue weighted by atomic mass is 16.5. The molecule has 1 aliphatic heterocycles. The number of amides is 1. The van der Waals surface area contributed by atoms with Gasteiger partial charge in [-0.2, -0.15) is 0 Å². The molecule has 0 N–H and O–H groups in total. The Bertz CT molecular complexity index is 767. The largest absolute Gasteiger partial charge is 0.497 e. The standard InChI is InChI=1S/C21H28N4O2/c1-27-19-10-4-16(5-11-19)6-13-21(26)24-14-2-3-17(24)9-12-20-23-22-15-25(20)18-7-8-18/h4-5,10-11,15,17-18H,2-3,6-9,12-14H2,1H3. The van der Waals surface area contributed by atoms with E-state index in [-0.39, 0.29) is 5.91 Å². The monoisotopic (exact) mass is 368 g/mol. The van der Waals surface area contributed by atoms with Crippen molar-refractivity contribution in [3.8, 4) is 5.75 Å². The van der Waals surface area contributed by atoms with Crippen LogP contribution in [0, 0.1) is 0 Å². The molecule has 1 atom stereocenters. The Morgan fingerprint density at radius 2 is 2.00 bits per heavy atom. The smallest absolute Gasteiger partial charge is 0.223 e. The minimum absolute atomic E-state index is 0.275. The lowest BCUT2D eigenvalue weighted by Gasteiger charge is -2.25. The summed E-state index contributed by atoms with van der Waals surface area (Å²) < 4.78 is 7.42. The summed E-state index contributed by atoms with van der Waals surface area (Å²) >= 11 is 0. The molecular formula is C21H28N4O2. The Morgan fingerprint density at radius 3 is 2.74 bits per heavy atom. The van der Waals surface area contributed by atoms with Crippen molar-refractivity contribution in [2.45, 2.75) is 63.5 Å². The first-order chi connectivity index (χ1) is 13.2. The van der Waals surface area contributed by atoms with E-state index < -0.39 is 0 Å². The fourth-order valence-corrected chi connectivity index (χ4v) is 4.05. The van der Waals surface area contributed by atoms with E-state index in [1.807, 2.05) is 30.6 Å². The maximum atomic E-state index is 12.8. The van der Waals surface area contributed by atoms with Crippen LogP contribution in [0.1, 0.15) is 56.0 Å². The van der Waals surface area contributed by atoms with Gasteiger partial charge in [-0.1, -0.05) is 12.1 Å². The molecule has 1 aliphatic carbocycles. The van der Waals surface area contributed by atoms with Gasteiger partial charge in [-0.15, -0.1) is 10.2 Å². The van der Waals surface area contributed by atoms with Gasteiger partial charge in [-0.25, -0.2) is 0 Å². The minimum Gasteiger partial charge on any atom is -0.497 e. The van der Waals surface area contributed by atoms with Crippen molar-refractivity contribution in [2.24, 2.45) is 0 Å². The van der Waals surface area contributed by atoms with Crippen molar-refractivity contribution < 1.29 is 9.53 Å². The molecule has 2 heterocycles. The molecule has 2 aliphatic rings. The fraction of sp³-hybridized carbons (Fsp3) is 0.571. The molecule has 1 saturated heterocycles. The second kappa shape index (κ2) is 8.11. The van der Waals surface area contributed by atoms with Crippen LogP contribution in [0.15, 0.2) is 30.6 Å². The number of aromatic nitrogens is 3. The second-order valence-electron chi connectivity index (χ2n) is 7.66. The van der Waals surface area contributed by atoms with Crippen molar-refractivity contribution in [1.82, 2.24) is 19.7 Å². The number of likely N-dealkylation sites (tertiary alicyclic amines) is 1. The third-order valence-electron chi connectivity index (χ3n) is 5.77. The molecule has 6 nitrogen and oxygen atoms in total. The fourth-order valence-electron chi connectivity index (χ4n) is 4.05. The van der Waals surface area contributed by atoms with Crippen LogP contribution in [0.25, 0.3) is 0 Å². The van der Waals surface area contributed by atoms with Gasteiger partial charge >= 0.3 is 0 Å². The number of benzene rings is 1. The quantitative estimate of drug-likeness (QED) is 0.718. The highest BCUT2D eigenvalue weighted by molar-refractivity contribution is 5.77. The van der Waals surface area contributed by atoms with Crippen molar-refractivity contribution >= 4 is 5.91 Å². The lowest BCUT2D eigenvalue weighted by molar-refractivity contribution is -0.132. The van der Waals surface area contributed by atoms with Crippen LogP contribution < -0.4 is 4.74 Å².